The number of hydrogen-bond acceptors (Lipinski definition) is 3. The summed E-state index contributed by atoms with van der Waals surface area (Å²) < 4.78 is 39.4. The van der Waals surface area contributed by atoms with Crippen LogP contribution in [0.2, 0.25) is 0 Å². The number of ether oxygens (including phenoxy) is 1. The van der Waals surface area contributed by atoms with E-state index >= 15 is 0 Å². The molecule has 104 valence electrons. The lowest BCUT2D eigenvalue weighted by Crippen LogP contribution is -2.35. The topological polar surface area (TPSA) is 67.4 Å². The van der Waals surface area contributed by atoms with Crippen molar-refractivity contribution in [3.63, 3.8) is 0 Å². The minimum absolute atomic E-state index is 0.124. The molecule has 0 saturated carbocycles. The standard InChI is InChI=1S/C11H11F3N2O3/c1-15-9(17)6-16-10(18)7-2-4-8(5-3-7)19-11(12,13)14/h2-5H,6H2,1H3,(H,15,17)(H,16,18). The van der Waals surface area contributed by atoms with Gasteiger partial charge < -0.3 is 15.4 Å². The van der Waals surface area contributed by atoms with Gasteiger partial charge in [-0.25, -0.2) is 0 Å². The zero-order chi connectivity index (χ0) is 14.5. The van der Waals surface area contributed by atoms with Gasteiger partial charge in [0.2, 0.25) is 5.91 Å². The van der Waals surface area contributed by atoms with Crippen molar-refractivity contribution in [1.82, 2.24) is 10.6 Å². The van der Waals surface area contributed by atoms with Gasteiger partial charge in [0.05, 0.1) is 6.54 Å². The van der Waals surface area contributed by atoms with E-state index in [2.05, 4.69) is 15.4 Å². The molecule has 0 fully saturated rings. The van der Waals surface area contributed by atoms with Crippen LogP contribution < -0.4 is 15.4 Å². The molecule has 0 saturated heterocycles. The second kappa shape index (κ2) is 6.07. The van der Waals surface area contributed by atoms with E-state index in [1.54, 1.807) is 0 Å². The maximum Gasteiger partial charge on any atom is 0.573 e. The molecule has 2 N–H and O–H groups in total. The van der Waals surface area contributed by atoms with Crippen molar-refractivity contribution in [2.24, 2.45) is 0 Å². The Balaban J connectivity index is 2.61. The number of amides is 2. The fourth-order valence-electron chi connectivity index (χ4n) is 1.16. The Bertz CT molecular complexity index is 457. The van der Waals surface area contributed by atoms with E-state index in [1.165, 1.54) is 19.2 Å². The van der Waals surface area contributed by atoms with E-state index in [0.29, 0.717) is 0 Å². The third-order valence-electron chi connectivity index (χ3n) is 2.04. The number of carbonyl (C=O) groups excluding carboxylic acids is 2. The van der Waals surface area contributed by atoms with Crippen molar-refractivity contribution in [2.45, 2.75) is 6.36 Å². The summed E-state index contributed by atoms with van der Waals surface area (Å²) >= 11 is 0. The zero-order valence-electron chi connectivity index (χ0n) is 9.88. The molecule has 5 nitrogen and oxygen atoms in total. The fourth-order valence-corrected chi connectivity index (χ4v) is 1.16. The number of rotatable bonds is 4. The molecular formula is C11H11F3N2O3. The lowest BCUT2D eigenvalue weighted by molar-refractivity contribution is -0.274. The van der Waals surface area contributed by atoms with Gasteiger partial charge in [-0.3, -0.25) is 9.59 Å². The maximum atomic E-state index is 11.9. The largest absolute Gasteiger partial charge is 0.573 e. The van der Waals surface area contributed by atoms with E-state index in [0.717, 1.165) is 12.1 Å². The van der Waals surface area contributed by atoms with Crippen LogP contribution in [-0.4, -0.2) is 31.8 Å². The molecule has 1 aromatic rings. The summed E-state index contributed by atoms with van der Waals surface area (Å²) in [5.74, 6) is -1.37. The zero-order valence-corrected chi connectivity index (χ0v) is 9.88. The lowest BCUT2D eigenvalue weighted by Gasteiger charge is -2.09. The fraction of sp³-hybridized carbons (Fsp3) is 0.273. The first-order chi connectivity index (χ1) is 8.81. The molecule has 0 aliphatic heterocycles. The van der Waals surface area contributed by atoms with Crippen molar-refractivity contribution in [1.29, 1.82) is 0 Å². The minimum Gasteiger partial charge on any atom is -0.406 e. The van der Waals surface area contributed by atoms with Crippen LogP contribution in [0.4, 0.5) is 13.2 Å². The molecular weight excluding hydrogens is 265 g/mol. The Morgan fingerprint density at radius 2 is 1.79 bits per heavy atom. The lowest BCUT2D eigenvalue weighted by atomic mass is 10.2. The first kappa shape index (κ1) is 14.8. The Kier molecular flexibility index (Phi) is 4.74. The van der Waals surface area contributed by atoms with Crippen LogP contribution in [0, 0.1) is 0 Å². The van der Waals surface area contributed by atoms with Crippen molar-refractivity contribution in [3.8, 4) is 5.75 Å². The van der Waals surface area contributed by atoms with Crippen molar-refractivity contribution < 1.29 is 27.5 Å². The number of benzene rings is 1. The minimum atomic E-state index is -4.77. The van der Waals surface area contributed by atoms with Crippen LogP contribution in [0.1, 0.15) is 10.4 Å². The van der Waals surface area contributed by atoms with Crippen LogP contribution in [0.3, 0.4) is 0 Å². The highest BCUT2D eigenvalue weighted by atomic mass is 19.4. The first-order valence-corrected chi connectivity index (χ1v) is 5.16. The SMILES string of the molecule is CNC(=O)CNC(=O)c1ccc(OC(F)(F)F)cc1. The van der Waals surface area contributed by atoms with Gasteiger partial charge in [-0.15, -0.1) is 13.2 Å². The normalized spacial score (nSPS) is 10.7. The third kappa shape index (κ3) is 5.28. The Morgan fingerprint density at radius 1 is 1.21 bits per heavy atom. The van der Waals surface area contributed by atoms with Crippen LogP contribution in [0.5, 0.6) is 5.75 Å². The van der Waals surface area contributed by atoms with Crippen LogP contribution in [-0.2, 0) is 4.79 Å². The smallest absolute Gasteiger partial charge is 0.406 e. The van der Waals surface area contributed by atoms with Crippen LogP contribution in [0.15, 0.2) is 24.3 Å². The predicted molar refractivity (Wildman–Crippen MR) is 59.5 cm³/mol. The highest BCUT2D eigenvalue weighted by Gasteiger charge is 2.31. The molecule has 0 heterocycles. The van der Waals surface area contributed by atoms with Crippen molar-refractivity contribution in [3.05, 3.63) is 29.8 Å². The summed E-state index contributed by atoms with van der Waals surface area (Å²) in [5.41, 5.74) is 0.124. The highest BCUT2D eigenvalue weighted by Crippen LogP contribution is 2.22. The molecule has 0 spiro atoms. The average Bonchev–Trinajstić information content (AvgIpc) is 2.34. The maximum absolute atomic E-state index is 11.9. The molecule has 0 aliphatic carbocycles. The van der Waals surface area contributed by atoms with Crippen molar-refractivity contribution >= 4 is 11.8 Å². The van der Waals surface area contributed by atoms with E-state index in [4.69, 9.17) is 0 Å². The quantitative estimate of drug-likeness (QED) is 0.864. The number of halogens is 3. The number of nitrogens with one attached hydrogen (secondary N) is 2. The summed E-state index contributed by atoms with van der Waals surface area (Å²) in [4.78, 5) is 22.4. The van der Waals surface area contributed by atoms with Crippen LogP contribution in [0.25, 0.3) is 0 Å². The molecule has 0 aromatic heterocycles. The van der Waals surface area contributed by atoms with Crippen molar-refractivity contribution in [2.75, 3.05) is 13.6 Å². The van der Waals surface area contributed by atoms with Gasteiger partial charge in [0.15, 0.2) is 0 Å². The van der Waals surface area contributed by atoms with Gasteiger partial charge in [-0.05, 0) is 24.3 Å². The third-order valence-corrected chi connectivity index (χ3v) is 2.04. The molecule has 0 unspecified atom stereocenters. The molecule has 2 amide bonds. The molecule has 19 heavy (non-hydrogen) atoms. The molecule has 0 radical (unpaired) electrons. The second-order valence-corrected chi connectivity index (χ2v) is 3.43. The Labute approximate surface area is 106 Å². The van der Waals surface area contributed by atoms with E-state index in [9.17, 15) is 22.8 Å². The monoisotopic (exact) mass is 276 g/mol. The highest BCUT2D eigenvalue weighted by molar-refractivity contribution is 5.96. The second-order valence-electron chi connectivity index (χ2n) is 3.43. The van der Waals surface area contributed by atoms with E-state index in [1.807, 2.05) is 0 Å². The Morgan fingerprint density at radius 3 is 2.26 bits per heavy atom. The van der Waals surface area contributed by atoms with Gasteiger partial charge in [-0.1, -0.05) is 0 Å². The van der Waals surface area contributed by atoms with E-state index in [-0.39, 0.29) is 18.0 Å². The van der Waals surface area contributed by atoms with Gasteiger partial charge in [0.25, 0.3) is 5.91 Å². The Hall–Kier alpha value is -2.25. The van der Waals surface area contributed by atoms with Crippen LogP contribution >= 0.6 is 0 Å². The average molecular weight is 276 g/mol. The van der Waals surface area contributed by atoms with Gasteiger partial charge >= 0.3 is 6.36 Å². The summed E-state index contributed by atoms with van der Waals surface area (Å²) in [5, 5.41) is 4.61. The summed E-state index contributed by atoms with van der Waals surface area (Å²) in [6.45, 7) is -0.212. The summed E-state index contributed by atoms with van der Waals surface area (Å²) in [6.07, 6.45) is -4.77. The molecule has 0 aliphatic rings. The summed E-state index contributed by atoms with van der Waals surface area (Å²) in [6, 6.07) is 4.37. The number of alkyl halides is 3. The van der Waals surface area contributed by atoms with Gasteiger partial charge in [-0.2, -0.15) is 0 Å². The molecule has 1 rings (SSSR count). The number of likely N-dealkylation sites (N-methyl/N-ethyl adjacent to an activating group) is 1. The molecule has 8 heteroatoms. The van der Waals surface area contributed by atoms with E-state index < -0.39 is 18.0 Å². The predicted octanol–water partition coefficient (Wildman–Crippen LogP) is 1.06. The molecule has 1 aromatic carbocycles. The molecule has 0 atom stereocenters. The summed E-state index contributed by atoms with van der Waals surface area (Å²) in [7, 11) is 1.41. The van der Waals surface area contributed by atoms with Gasteiger partial charge in [0, 0.05) is 12.6 Å². The number of hydrogen-bond donors (Lipinski definition) is 2. The number of carbonyl (C=O) groups is 2. The molecule has 0 bridgehead atoms. The first-order valence-electron chi connectivity index (χ1n) is 5.16. The van der Waals surface area contributed by atoms with Gasteiger partial charge in [0.1, 0.15) is 5.75 Å².